The third-order valence-corrected chi connectivity index (χ3v) is 6.84. The molecule has 0 aliphatic carbocycles. The molecule has 2 heterocycles. The molecule has 148 valence electrons. The van der Waals surface area contributed by atoms with Gasteiger partial charge in [-0.3, -0.25) is 4.79 Å². The van der Waals surface area contributed by atoms with Crippen molar-refractivity contribution in [2.45, 2.75) is 24.3 Å². The van der Waals surface area contributed by atoms with E-state index in [4.69, 9.17) is 9.47 Å². The Labute approximate surface area is 164 Å². The highest BCUT2D eigenvalue weighted by atomic mass is 32.2. The van der Waals surface area contributed by atoms with Gasteiger partial charge in [0.15, 0.2) is 17.3 Å². The first-order valence-electron chi connectivity index (χ1n) is 9.27. The number of fused-ring (bicyclic) bond motifs is 1. The van der Waals surface area contributed by atoms with Gasteiger partial charge in [0.05, 0.1) is 11.4 Å². The van der Waals surface area contributed by atoms with Crippen LogP contribution in [0.4, 0.5) is 0 Å². The standard InChI is InChI=1S/C20H22N2O5S/c23-18(13-21-12-15-3-8-19-20(11-15)27-14-26-19)16-4-6-17(7-5-16)28(24,25)22-9-1-2-10-22/h3-8,11,21H,1-2,9-10,12-14H2. The fourth-order valence-corrected chi connectivity index (χ4v) is 4.88. The molecular weight excluding hydrogens is 380 g/mol. The summed E-state index contributed by atoms with van der Waals surface area (Å²) in [6, 6.07) is 11.8. The molecule has 0 bridgehead atoms. The molecule has 0 atom stereocenters. The summed E-state index contributed by atoms with van der Waals surface area (Å²) in [4.78, 5) is 12.6. The van der Waals surface area contributed by atoms with E-state index in [0.29, 0.717) is 30.9 Å². The fourth-order valence-electron chi connectivity index (χ4n) is 3.36. The maximum absolute atomic E-state index is 12.5. The molecule has 0 unspecified atom stereocenters. The zero-order valence-electron chi connectivity index (χ0n) is 15.4. The van der Waals surface area contributed by atoms with Gasteiger partial charge in [-0.15, -0.1) is 0 Å². The van der Waals surface area contributed by atoms with Crippen LogP contribution in [0.15, 0.2) is 47.4 Å². The molecule has 0 aromatic heterocycles. The molecule has 0 amide bonds. The largest absolute Gasteiger partial charge is 0.454 e. The zero-order valence-corrected chi connectivity index (χ0v) is 16.2. The van der Waals surface area contributed by atoms with E-state index in [0.717, 1.165) is 24.2 Å². The van der Waals surface area contributed by atoms with E-state index in [9.17, 15) is 13.2 Å². The van der Waals surface area contributed by atoms with Crippen molar-refractivity contribution in [3.05, 3.63) is 53.6 Å². The lowest BCUT2D eigenvalue weighted by Crippen LogP contribution is -2.28. The number of carbonyl (C=O) groups is 1. The highest BCUT2D eigenvalue weighted by molar-refractivity contribution is 7.89. The second kappa shape index (κ2) is 7.90. The number of carbonyl (C=O) groups excluding carboxylic acids is 1. The molecule has 2 aliphatic rings. The average molecular weight is 402 g/mol. The summed E-state index contributed by atoms with van der Waals surface area (Å²) in [6.07, 6.45) is 1.79. The molecule has 2 aromatic rings. The van der Waals surface area contributed by atoms with Crippen LogP contribution in [0.25, 0.3) is 0 Å². The molecule has 1 N–H and O–H groups in total. The fraction of sp³-hybridized carbons (Fsp3) is 0.350. The van der Waals surface area contributed by atoms with Crippen LogP contribution in [0.1, 0.15) is 28.8 Å². The first-order valence-corrected chi connectivity index (χ1v) is 10.7. The highest BCUT2D eigenvalue weighted by Gasteiger charge is 2.27. The van der Waals surface area contributed by atoms with Gasteiger partial charge in [0, 0.05) is 25.2 Å². The van der Waals surface area contributed by atoms with Gasteiger partial charge in [-0.25, -0.2) is 8.42 Å². The van der Waals surface area contributed by atoms with Crippen molar-refractivity contribution >= 4 is 15.8 Å². The Balaban J connectivity index is 1.33. The second-order valence-electron chi connectivity index (χ2n) is 6.85. The SMILES string of the molecule is O=C(CNCc1ccc2c(c1)OCO2)c1ccc(S(=O)(=O)N2CCCC2)cc1. The van der Waals surface area contributed by atoms with Crippen LogP contribution in [-0.4, -0.2) is 44.9 Å². The van der Waals surface area contributed by atoms with Crippen molar-refractivity contribution in [2.75, 3.05) is 26.4 Å². The molecule has 2 aliphatic heterocycles. The Hall–Kier alpha value is -2.42. The number of hydrogen-bond acceptors (Lipinski definition) is 6. The molecule has 1 saturated heterocycles. The Morgan fingerprint density at radius 3 is 2.46 bits per heavy atom. The Bertz CT molecular complexity index is 967. The number of nitrogens with one attached hydrogen (secondary N) is 1. The molecule has 0 spiro atoms. The zero-order chi connectivity index (χ0) is 19.6. The number of benzene rings is 2. The predicted octanol–water partition coefficient (Wildman–Crippen LogP) is 2.17. The summed E-state index contributed by atoms with van der Waals surface area (Å²) in [6.45, 7) is 2.03. The lowest BCUT2D eigenvalue weighted by molar-refractivity contribution is 0.0990. The lowest BCUT2D eigenvalue weighted by Gasteiger charge is -2.15. The van der Waals surface area contributed by atoms with Gasteiger partial charge in [-0.1, -0.05) is 18.2 Å². The molecule has 2 aromatic carbocycles. The van der Waals surface area contributed by atoms with Crippen molar-refractivity contribution in [3.8, 4) is 11.5 Å². The maximum atomic E-state index is 12.5. The quantitative estimate of drug-likeness (QED) is 0.715. The Morgan fingerprint density at radius 2 is 1.71 bits per heavy atom. The topological polar surface area (TPSA) is 84.9 Å². The summed E-state index contributed by atoms with van der Waals surface area (Å²) in [5, 5.41) is 3.11. The van der Waals surface area contributed by atoms with Crippen molar-refractivity contribution in [1.82, 2.24) is 9.62 Å². The molecule has 1 fully saturated rings. The van der Waals surface area contributed by atoms with E-state index in [2.05, 4.69) is 5.32 Å². The number of nitrogens with zero attached hydrogens (tertiary/aromatic N) is 1. The molecular formula is C20H22N2O5S. The van der Waals surface area contributed by atoms with Crippen LogP contribution in [-0.2, 0) is 16.6 Å². The number of hydrogen-bond donors (Lipinski definition) is 1. The van der Waals surface area contributed by atoms with Gasteiger partial charge in [-0.05, 0) is 42.7 Å². The van der Waals surface area contributed by atoms with E-state index in [1.165, 1.54) is 16.4 Å². The van der Waals surface area contributed by atoms with Crippen LogP contribution >= 0.6 is 0 Å². The van der Waals surface area contributed by atoms with Crippen LogP contribution < -0.4 is 14.8 Å². The minimum atomic E-state index is -3.45. The first-order chi connectivity index (χ1) is 13.5. The smallest absolute Gasteiger partial charge is 0.243 e. The summed E-state index contributed by atoms with van der Waals surface area (Å²) in [5.41, 5.74) is 1.47. The molecule has 4 rings (SSSR count). The van der Waals surface area contributed by atoms with Crippen molar-refractivity contribution < 1.29 is 22.7 Å². The van der Waals surface area contributed by atoms with E-state index in [1.807, 2.05) is 18.2 Å². The van der Waals surface area contributed by atoms with Gasteiger partial charge in [-0.2, -0.15) is 4.31 Å². The monoisotopic (exact) mass is 402 g/mol. The Morgan fingerprint density at radius 1 is 1.00 bits per heavy atom. The number of ether oxygens (including phenoxy) is 2. The van der Waals surface area contributed by atoms with E-state index in [1.54, 1.807) is 12.1 Å². The second-order valence-corrected chi connectivity index (χ2v) is 8.79. The molecule has 0 saturated carbocycles. The normalized spacial score (nSPS) is 16.4. The summed E-state index contributed by atoms with van der Waals surface area (Å²) < 4.78 is 37.2. The molecule has 7 nitrogen and oxygen atoms in total. The summed E-state index contributed by atoms with van der Waals surface area (Å²) in [5.74, 6) is 1.34. The van der Waals surface area contributed by atoms with Gasteiger partial charge >= 0.3 is 0 Å². The number of sulfonamides is 1. The molecule has 0 radical (unpaired) electrons. The number of rotatable bonds is 7. The summed E-state index contributed by atoms with van der Waals surface area (Å²) >= 11 is 0. The van der Waals surface area contributed by atoms with Crippen molar-refractivity contribution in [3.63, 3.8) is 0 Å². The molecule has 8 heteroatoms. The van der Waals surface area contributed by atoms with E-state index < -0.39 is 10.0 Å². The van der Waals surface area contributed by atoms with Crippen LogP contribution in [0, 0.1) is 0 Å². The number of Topliss-reactive ketones (excluding diaryl/α,β-unsaturated/α-hetero) is 1. The highest BCUT2D eigenvalue weighted by Crippen LogP contribution is 2.32. The van der Waals surface area contributed by atoms with Gasteiger partial charge in [0.1, 0.15) is 0 Å². The molecule has 28 heavy (non-hydrogen) atoms. The van der Waals surface area contributed by atoms with Crippen LogP contribution in [0.5, 0.6) is 11.5 Å². The van der Waals surface area contributed by atoms with Crippen molar-refractivity contribution in [2.24, 2.45) is 0 Å². The van der Waals surface area contributed by atoms with Gasteiger partial charge in [0.2, 0.25) is 16.8 Å². The predicted molar refractivity (Wildman–Crippen MR) is 103 cm³/mol. The third-order valence-electron chi connectivity index (χ3n) is 4.93. The Kier molecular flexibility index (Phi) is 5.34. The van der Waals surface area contributed by atoms with Gasteiger partial charge in [0.25, 0.3) is 0 Å². The number of ketones is 1. The minimum Gasteiger partial charge on any atom is -0.454 e. The minimum absolute atomic E-state index is 0.0918. The van der Waals surface area contributed by atoms with Crippen molar-refractivity contribution in [1.29, 1.82) is 0 Å². The van der Waals surface area contributed by atoms with Crippen LogP contribution in [0.2, 0.25) is 0 Å². The van der Waals surface area contributed by atoms with Crippen LogP contribution in [0.3, 0.4) is 0 Å². The first kappa shape index (κ1) is 18.9. The summed E-state index contributed by atoms with van der Waals surface area (Å²) in [7, 11) is -3.45. The average Bonchev–Trinajstić information content (AvgIpc) is 3.40. The maximum Gasteiger partial charge on any atom is 0.243 e. The van der Waals surface area contributed by atoms with Gasteiger partial charge < -0.3 is 14.8 Å². The van der Waals surface area contributed by atoms with E-state index >= 15 is 0 Å². The van der Waals surface area contributed by atoms with E-state index in [-0.39, 0.29) is 24.0 Å². The third kappa shape index (κ3) is 3.89. The lowest BCUT2D eigenvalue weighted by atomic mass is 10.1.